The van der Waals surface area contributed by atoms with E-state index in [4.69, 9.17) is 0 Å². The van der Waals surface area contributed by atoms with Gasteiger partial charge in [-0.05, 0) is 12.1 Å². The quantitative estimate of drug-likeness (QED) is 0.784. The Kier molecular flexibility index (Phi) is 2.78. The van der Waals surface area contributed by atoms with E-state index in [1.165, 1.54) is 6.20 Å². The zero-order valence-corrected chi connectivity index (χ0v) is 9.96. The standard InChI is InChI=1S/C12H8F3N5/c13-12(14,15)11-17-10(18-19-11)8-6-16-20(7-8)9-4-2-1-3-5-9/h1-7H,(H,17,18,19). The van der Waals surface area contributed by atoms with Crippen LogP contribution in [0.15, 0.2) is 42.7 Å². The third kappa shape index (κ3) is 2.27. The molecule has 2 heterocycles. The minimum absolute atomic E-state index is 0.0421. The Labute approximate surface area is 111 Å². The third-order valence-electron chi connectivity index (χ3n) is 2.62. The fourth-order valence-corrected chi connectivity index (χ4v) is 1.68. The number of aromatic nitrogens is 5. The predicted octanol–water partition coefficient (Wildman–Crippen LogP) is 2.68. The van der Waals surface area contributed by atoms with Crippen LogP contribution in [0.4, 0.5) is 13.2 Å². The molecule has 20 heavy (non-hydrogen) atoms. The van der Waals surface area contributed by atoms with Crippen molar-refractivity contribution in [3.63, 3.8) is 0 Å². The van der Waals surface area contributed by atoms with Crippen molar-refractivity contribution in [2.75, 3.05) is 0 Å². The van der Waals surface area contributed by atoms with Crippen LogP contribution in [0.5, 0.6) is 0 Å². The smallest absolute Gasteiger partial charge is 0.255 e. The number of nitrogens with one attached hydrogen (secondary N) is 1. The molecule has 0 saturated carbocycles. The SMILES string of the molecule is FC(F)(F)c1nc(-c2cnn(-c3ccccc3)c2)n[nH]1. The molecule has 0 atom stereocenters. The number of rotatable bonds is 2. The lowest BCUT2D eigenvalue weighted by atomic mass is 10.3. The average molecular weight is 279 g/mol. The van der Waals surface area contributed by atoms with Gasteiger partial charge in [0.2, 0.25) is 5.82 Å². The number of H-pyrrole nitrogens is 1. The van der Waals surface area contributed by atoms with E-state index in [0.29, 0.717) is 5.56 Å². The maximum absolute atomic E-state index is 12.4. The number of alkyl halides is 3. The molecule has 0 aliphatic carbocycles. The summed E-state index contributed by atoms with van der Waals surface area (Å²) in [5.41, 5.74) is 1.20. The Hall–Kier alpha value is -2.64. The van der Waals surface area contributed by atoms with Crippen molar-refractivity contribution >= 4 is 0 Å². The molecular formula is C12H8F3N5. The first kappa shape index (κ1) is 12.4. The predicted molar refractivity (Wildman–Crippen MR) is 63.9 cm³/mol. The molecule has 0 bridgehead atoms. The summed E-state index contributed by atoms with van der Waals surface area (Å²) in [6.45, 7) is 0. The Morgan fingerprint density at radius 2 is 1.85 bits per heavy atom. The van der Waals surface area contributed by atoms with Crippen LogP contribution in [0.25, 0.3) is 17.1 Å². The van der Waals surface area contributed by atoms with E-state index in [1.807, 2.05) is 35.4 Å². The van der Waals surface area contributed by atoms with E-state index in [1.54, 1.807) is 10.9 Å². The van der Waals surface area contributed by atoms with Gasteiger partial charge in [0.05, 0.1) is 17.4 Å². The maximum Gasteiger partial charge on any atom is 0.451 e. The van der Waals surface area contributed by atoms with Gasteiger partial charge < -0.3 is 0 Å². The van der Waals surface area contributed by atoms with Crippen molar-refractivity contribution in [1.29, 1.82) is 0 Å². The van der Waals surface area contributed by atoms with Gasteiger partial charge in [-0.3, -0.25) is 5.10 Å². The van der Waals surface area contributed by atoms with Gasteiger partial charge in [0.25, 0.3) is 0 Å². The van der Waals surface area contributed by atoms with E-state index in [0.717, 1.165) is 5.69 Å². The van der Waals surface area contributed by atoms with Gasteiger partial charge in [-0.15, -0.1) is 0 Å². The van der Waals surface area contributed by atoms with E-state index in [2.05, 4.69) is 15.2 Å². The van der Waals surface area contributed by atoms with E-state index in [-0.39, 0.29) is 5.82 Å². The van der Waals surface area contributed by atoms with Crippen LogP contribution in [0.2, 0.25) is 0 Å². The van der Waals surface area contributed by atoms with Gasteiger partial charge in [-0.2, -0.15) is 23.4 Å². The molecule has 0 aliphatic rings. The summed E-state index contributed by atoms with van der Waals surface area (Å²) in [6.07, 6.45) is -1.56. The average Bonchev–Trinajstić information content (AvgIpc) is 3.08. The summed E-state index contributed by atoms with van der Waals surface area (Å²) in [7, 11) is 0. The first-order valence-corrected chi connectivity index (χ1v) is 5.64. The molecule has 0 unspecified atom stereocenters. The number of para-hydroxylation sites is 1. The normalized spacial score (nSPS) is 11.8. The summed E-state index contributed by atoms with van der Waals surface area (Å²) in [5.74, 6) is -1.17. The summed E-state index contributed by atoms with van der Waals surface area (Å²) in [6, 6.07) is 9.20. The molecule has 0 amide bonds. The molecule has 3 aromatic rings. The number of hydrogen-bond acceptors (Lipinski definition) is 3. The highest BCUT2D eigenvalue weighted by Gasteiger charge is 2.35. The second kappa shape index (κ2) is 4.48. The highest BCUT2D eigenvalue weighted by atomic mass is 19.4. The topological polar surface area (TPSA) is 59.4 Å². The molecule has 1 N–H and O–H groups in total. The summed E-state index contributed by atoms with van der Waals surface area (Å²) in [4.78, 5) is 3.41. The number of aromatic amines is 1. The number of benzene rings is 1. The van der Waals surface area contributed by atoms with Gasteiger partial charge in [0.15, 0.2) is 5.82 Å². The van der Waals surface area contributed by atoms with Crippen molar-refractivity contribution < 1.29 is 13.2 Å². The Balaban J connectivity index is 1.93. The van der Waals surface area contributed by atoms with Crippen LogP contribution in [0, 0.1) is 0 Å². The molecule has 0 aliphatic heterocycles. The van der Waals surface area contributed by atoms with Gasteiger partial charge in [-0.25, -0.2) is 9.67 Å². The Bertz CT molecular complexity index is 714. The molecule has 5 nitrogen and oxygen atoms in total. The van der Waals surface area contributed by atoms with Crippen LogP contribution in [-0.2, 0) is 6.18 Å². The molecule has 102 valence electrons. The van der Waals surface area contributed by atoms with Gasteiger partial charge in [0.1, 0.15) is 0 Å². The molecule has 1 aromatic carbocycles. The lowest BCUT2D eigenvalue weighted by Gasteiger charge is -1.98. The van der Waals surface area contributed by atoms with Crippen molar-refractivity contribution in [2.45, 2.75) is 6.18 Å². The molecule has 0 fully saturated rings. The Morgan fingerprint density at radius 1 is 1.10 bits per heavy atom. The van der Waals surface area contributed by atoms with Crippen molar-refractivity contribution in [3.8, 4) is 17.1 Å². The summed E-state index contributed by atoms with van der Waals surface area (Å²) >= 11 is 0. The first-order chi connectivity index (χ1) is 9.54. The largest absolute Gasteiger partial charge is 0.451 e. The molecule has 2 aromatic heterocycles. The first-order valence-electron chi connectivity index (χ1n) is 5.64. The third-order valence-corrected chi connectivity index (χ3v) is 2.62. The van der Waals surface area contributed by atoms with Crippen molar-refractivity contribution in [3.05, 3.63) is 48.5 Å². The highest BCUT2D eigenvalue weighted by molar-refractivity contribution is 5.53. The fourth-order valence-electron chi connectivity index (χ4n) is 1.68. The van der Waals surface area contributed by atoms with Crippen molar-refractivity contribution in [1.82, 2.24) is 25.0 Å². The van der Waals surface area contributed by atoms with E-state index in [9.17, 15) is 13.2 Å². The second-order valence-corrected chi connectivity index (χ2v) is 4.01. The van der Waals surface area contributed by atoms with Crippen LogP contribution in [0.1, 0.15) is 5.82 Å². The van der Waals surface area contributed by atoms with Crippen LogP contribution in [-0.4, -0.2) is 25.0 Å². The zero-order valence-electron chi connectivity index (χ0n) is 9.96. The lowest BCUT2D eigenvalue weighted by molar-refractivity contribution is -0.144. The molecule has 0 radical (unpaired) electrons. The maximum atomic E-state index is 12.4. The number of halogens is 3. The second-order valence-electron chi connectivity index (χ2n) is 4.01. The van der Waals surface area contributed by atoms with Crippen LogP contribution >= 0.6 is 0 Å². The molecule has 0 spiro atoms. The summed E-state index contributed by atoms with van der Waals surface area (Å²) < 4.78 is 38.8. The Morgan fingerprint density at radius 3 is 2.50 bits per heavy atom. The van der Waals surface area contributed by atoms with E-state index >= 15 is 0 Å². The number of nitrogens with zero attached hydrogens (tertiary/aromatic N) is 4. The minimum Gasteiger partial charge on any atom is -0.255 e. The molecule has 8 heteroatoms. The summed E-state index contributed by atoms with van der Waals surface area (Å²) in [5, 5.41) is 9.50. The zero-order chi connectivity index (χ0) is 14.2. The van der Waals surface area contributed by atoms with E-state index < -0.39 is 12.0 Å². The van der Waals surface area contributed by atoms with Gasteiger partial charge in [0, 0.05) is 6.20 Å². The van der Waals surface area contributed by atoms with Gasteiger partial charge in [-0.1, -0.05) is 18.2 Å². The van der Waals surface area contributed by atoms with Crippen LogP contribution < -0.4 is 0 Å². The fraction of sp³-hybridized carbons (Fsp3) is 0.0833. The molecular weight excluding hydrogens is 271 g/mol. The van der Waals surface area contributed by atoms with Crippen LogP contribution in [0.3, 0.4) is 0 Å². The molecule has 3 rings (SSSR count). The van der Waals surface area contributed by atoms with Crippen molar-refractivity contribution in [2.24, 2.45) is 0 Å². The monoisotopic (exact) mass is 279 g/mol. The molecule has 0 saturated heterocycles. The number of hydrogen-bond donors (Lipinski definition) is 1. The lowest BCUT2D eigenvalue weighted by Crippen LogP contribution is -2.07. The van der Waals surface area contributed by atoms with Gasteiger partial charge >= 0.3 is 6.18 Å². The minimum atomic E-state index is -4.54. The highest BCUT2D eigenvalue weighted by Crippen LogP contribution is 2.27.